The summed E-state index contributed by atoms with van der Waals surface area (Å²) in [5.74, 6) is 0.261. The fourth-order valence-electron chi connectivity index (χ4n) is 3.59. The standard InChI is InChI=1S/C16H28N2O2S/c1-5-12-14(19)17-13(11(2)3)15(20)18(12)10-16(21-4)8-6-7-9-16/h11-13H,5-10H2,1-4H3,(H,17,19). The molecule has 1 aliphatic heterocycles. The smallest absolute Gasteiger partial charge is 0.246 e. The zero-order valence-corrected chi connectivity index (χ0v) is 14.5. The van der Waals surface area contributed by atoms with Gasteiger partial charge in [-0.2, -0.15) is 11.8 Å². The van der Waals surface area contributed by atoms with E-state index in [-0.39, 0.29) is 34.6 Å². The van der Waals surface area contributed by atoms with Crippen LogP contribution in [0.4, 0.5) is 0 Å². The van der Waals surface area contributed by atoms with Crippen molar-refractivity contribution in [3.63, 3.8) is 0 Å². The Hall–Kier alpha value is -0.710. The van der Waals surface area contributed by atoms with Crippen molar-refractivity contribution in [3.05, 3.63) is 0 Å². The summed E-state index contributed by atoms with van der Waals surface area (Å²) >= 11 is 1.87. The van der Waals surface area contributed by atoms with Gasteiger partial charge in [0.1, 0.15) is 12.1 Å². The predicted octanol–water partition coefficient (Wildman–Crippen LogP) is 2.42. The quantitative estimate of drug-likeness (QED) is 0.848. The molecule has 21 heavy (non-hydrogen) atoms. The van der Waals surface area contributed by atoms with Crippen LogP contribution in [0.3, 0.4) is 0 Å². The van der Waals surface area contributed by atoms with E-state index < -0.39 is 0 Å². The van der Waals surface area contributed by atoms with E-state index in [0.717, 1.165) is 19.4 Å². The molecular formula is C16H28N2O2S. The molecule has 1 N–H and O–H groups in total. The summed E-state index contributed by atoms with van der Waals surface area (Å²) in [4.78, 5) is 27.1. The Morgan fingerprint density at radius 1 is 1.33 bits per heavy atom. The monoisotopic (exact) mass is 312 g/mol. The number of rotatable bonds is 5. The molecule has 2 unspecified atom stereocenters. The van der Waals surface area contributed by atoms with Gasteiger partial charge in [0.15, 0.2) is 0 Å². The molecule has 0 aromatic heterocycles. The minimum Gasteiger partial charge on any atom is -0.342 e. The van der Waals surface area contributed by atoms with Crippen LogP contribution in [0, 0.1) is 5.92 Å². The van der Waals surface area contributed by atoms with Crippen LogP contribution >= 0.6 is 11.8 Å². The topological polar surface area (TPSA) is 49.4 Å². The number of thioether (sulfide) groups is 1. The third kappa shape index (κ3) is 3.22. The normalized spacial score (nSPS) is 29.1. The second-order valence-corrected chi connectivity index (χ2v) is 7.99. The molecule has 2 aliphatic rings. The molecule has 0 bridgehead atoms. The molecule has 1 saturated carbocycles. The summed E-state index contributed by atoms with van der Waals surface area (Å²) in [5, 5.41) is 2.92. The maximum absolute atomic E-state index is 12.8. The highest BCUT2D eigenvalue weighted by Gasteiger charge is 2.45. The molecule has 5 heteroatoms. The first-order valence-corrected chi connectivity index (χ1v) is 9.32. The molecule has 1 heterocycles. The van der Waals surface area contributed by atoms with E-state index >= 15 is 0 Å². The van der Waals surface area contributed by atoms with Gasteiger partial charge in [0.2, 0.25) is 11.8 Å². The van der Waals surface area contributed by atoms with Crippen LogP contribution in [0.5, 0.6) is 0 Å². The summed E-state index contributed by atoms with van der Waals surface area (Å²) in [7, 11) is 0. The molecule has 1 saturated heterocycles. The van der Waals surface area contributed by atoms with Crippen molar-refractivity contribution in [2.75, 3.05) is 12.8 Å². The minimum atomic E-state index is -0.361. The van der Waals surface area contributed by atoms with Crippen molar-refractivity contribution in [3.8, 4) is 0 Å². The summed E-state index contributed by atoms with van der Waals surface area (Å²) in [5.41, 5.74) is 0. The Labute approximate surface area is 132 Å². The maximum Gasteiger partial charge on any atom is 0.246 e. The first kappa shape index (κ1) is 16.7. The SMILES string of the molecule is CCC1C(=O)NC(C(C)C)C(=O)N1CC1(SC)CCCC1. The molecule has 120 valence electrons. The largest absolute Gasteiger partial charge is 0.342 e. The minimum absolute atomic E-state index is 0.0186. The first-order valence-electron chi connectivity index (χ1n) is 8.10. The lowest BCUT2D eigenvalue weighted by Gasteiger charge is -2.44. The maximum atomic E-state index is 12.8. The van der Waals surface area contributed by atoms with Crippen molar-refractivity contribution in [1.29, 1.82) is 0 Å². The van der Waals surface area contributed by atoms with Crippen LogP contribution < -0.4 is 5.32 Å². The molecule has 0 radical (unpaired) electrons. The van der Waals surface area contributed by atoms with Gasteiger partial charge in [-0.25, -0.2) is 0 Å². The molecular weight excluding hydrogens is 284 g/mol. The van der Waals surface area contributed by atoms with E-state index in [1.54, 1.807) is 0 Å². The van der Waals surface area contributed by atoms with E-state index in [1.165, 1.54) is 12.8 Å². The van der Waals surface area contributed by atoms with E-state index in [0.29, 0.717) is 6.42 Å². The summed E-state index contributed by atoms with van der Waals surface area (Å²) in [6.07, 6.45) is 7.61. The molecule has 2 fully saturated rings. The van der Waals surface area contributed by atoms with Gasteiger partial charge in [-0.05, 0) is 31.4 Å². The molecule has 2 rings (SSSR count). The van der Waals surface area contributed by atoms with Gasteiger partial charge in [0, 0.05) is 11.3 Å². The average molecular weight is 312 g/mol. The van der Waals surface area contributed by atoms with Crippen molar-refractivity contribution in [2.45, 2.75) is 69.7 Å². The average Bonchev–Trinajstić information content (AvgIpc) is 2.91. The van der Waals surface area contributed by atoms with Gasteiger partial charge in [0.25, 0.3) is 0 Å². The Bertz CT molecular complexity index is 405. The highest BCUT2D eigenvalue weighted by Crippen LogP contribution is 2.41. The van der Waals surface area contributed by atoms with Crippen molar-refractivity contribution < 1.29 is 9.59 Å². The Morgan fingerprint density at radius 3 is 2.43 bits per heavy atom. The van der Waals surface area contributed by atoms with Gasteiger partial charge in [-0.15, -0.1) is 0 Å². The van der Waals surface area contributed by atoms with Gasteiger partial charge in [0.05, 0.1) is 0 Å². The van der Waals surface area contributed by atoms with Gasteiger partial charge >= 0.3 is 0 Å². The van der Waals surface area contributed by atoms with Crippen LogP contribution in [0.25, 0.3) is 0 Å². The van der Waals surface area contributed by atoms with Crippen LogP contribution in [-0.2, 0) is 9.59 Å². The zero-order valence-electron chi connectivity index (χ0n) is 13.6. The zero-order chi connectivity index (χ0) is 15.6. The number of nitrogens with zero attached hydrogens (tertiary/aromatic N) is 1. The second kappa shape index (κ2) is 6.59. The Morgan fingerprint density at radius 2 is 1.95 bits per heavy atom. The number of carbonyl (C=O) groups is 2. The van der Waals surface area contributed by atoms with Gasteiger partial charge < -0.3 is 10.2 Å². The van der Waals surface area contributed by atoms with E-state index in [4.69, 9.17) is 0 Å². The van der Waals surface area contributed by atoms with Crippen molar-refractivity contribution in [2.24, 2.45) is 5.92 Å². The summed E-state index contributed by atoms with van der Waals surface area (Å²) in [6, 6.07) is -0.655. The fourth-order valence-corrected chi connectivity index (χ4v) is 4.55. The Balaban J connectivity index is 2.23. The molecule has 2 atom stereocenters. The molecule has 0 spiro atoms. The fraction of sp³-hybridized carbons (Fsp3) is 0.875. The number of hydrogen-bond acceptors (Lipinski definition) is 3. The number of carbonyl (C=O) groups excluding carboxylic acids is 2. The second-order valence-electron chi connectivity index (χ2n) is 6.71. The summed E-state index contributed by atoms with van der Waals surface area (Å²) in [6.45, 7) is 6.70. The predicted molar refractivity (Wildman–Crippen MR) is 87.3 cm³/mol. The lowest BCUT2D eigenvalue weighted by atomic mass is 9.95. The first-order chi connectivity index (χ1) is 9.94. The number of piperazine rings is 1. The molecule has 0 aromatic carbocycles. The third-order valence-corrected chi connectivity index (χ3v) is 6.39. The van der Waals surface area contributed by atoms with Crippen molar-refractivity contribution >= 4 is 23.6 Å². The van der Waals surface area contributed by atoms with Gasteiger partial charge in [-0.3, -0.25) is 9.59 Å². The number of hydrogen-bond donors (Lipinski definition) is 1. The highest BCUT2D eigenvalue weighted by molar-refractivity contribution is 8.00. The van der Waals surface area contributed by atoms with Gasteiger partial charge in [-0.1, -0.05) is 33.6 Å². The van der Waals surface area contributed by atoms with Crippen LogP contribution in [0.2, 0.25) is 0 Å². The molecule has 2 amide bonds. The van der Waals surface area contributed by atoms with Crippen LogP contribution in [0.1, 0.15) is 52.9 Å². The highest BCUT2D eigenvalue weighted by atomic mass is 32.2. The van der Waals surface area contributed by atoms with Crippen LogP contribution in [0.15, 0.2) is 0 Å². The van der Waals surface area contributed by atoms with Crippen molar-refractivity contribution in [1.82, 2.24) is 10.2 Å². The summed E-state index contributed by atoms with van der Waals surface area (Å²) < 4.78 is 0.155. The lowest BCUT2D eigenvalue weighted by Crippen LogP contribution is -2.66. The number of nitrogens with one attached hydrogen (secondary N) is 1. The van der Waals surface area contributed by atoms with E-state index in [1.807, 2.05) is 37.4 Å². The molecule has 1 aliphatic carbocycles. The van der Waals surface area contributed by atoms with E-state index in [9.17, 15) is 9.59 Å². The third-order valence-electron chi connectivity index (χ3n) is 4.99. The number of amides is 2. The lowest BCUT2D eigenvalue weighted by molar-refractivity contribution is -0.151. The van der Waals surface area contributed by atoms with Crippen LogP contribution in [-0.4, -0.2) is 46.3 Å². The molecule has 4 nitrogen and oxygen atoms in total. The molecule has 0 aromatic rings. The Kier molecular flexibility index (Phi) is 5.23. The van der Waals surface area contributed by atoms with E-state index in [2.05, 4.69) is 11.6 Å².